The van der Waals surface area contributed by atoms with Crippen LogP contribution in [0.3, 0.4) is 0 Å². The van der Waals surface area contributed by atoms with Gasteiger partial charge in [-0.2, -0.15) is 0 Å². The molecule has 1 aromatic heterocycles. The smallest absolute Gasteiger partial charge is 0.294 e. The fourth-order valence-electron chi connectivity index (χ4n) is 1.59. The van der Waals surface area contributed by atoms with Crippen LogP contribution in [0.4, 0.5) is 4.39 Å². The lowest BCUT2D eigenvalue weighted by atomic mass is 10.2. The van der Waals surface area contributed by atoms with Gasteiger partial charge in [0.15, 0.2) is 0 Å². The molecular weight excluding hydrogens is 277 g/mol. The van der Waals surface area contributed by atoms with Crippen molar-refractivity contribution in [2.75, 3.05) is 6.54 Å². The van der Waals surface area contributed by atoms with Crippen LogP contribution < -0.4 is 10.1 Å². The van der Waals surface area contributed by atoms with Crippen LogP contribution in [0.25, 0.3) is 0 Å². The zero-order chi connectivity index (χ0) is 14.4. The Labute approximate surface area is 122 Å². The van der Waals surface area contributed by atoms with Crippen LogP contribution in [0.15, 0.2) is 24.3 Å². The highest BCUT2D eigenvalue weighted by Crippen LogP contribution is 2.19. The summed E-state index contributed by atoms with van der Waals surface area (Å²) in [6, 6.07) is 6.55. The molecule has 1 aromatic carbocycles. The first-order chi connectivity index (χ1) is 9.65. The van der Waals surface area contributed by atoms with Gasteiger partial charge >= 0.3 is 0 Å². The third kappa shape index (κ3) is 4.54. The monoisotopic (exact) mass is 295 g/mol. The summed E-state index contributed by atoms with van der Waals surface area (Å²) in [4.78, 5) is 0. The quantitative estimate of drug-likeness (QED) is 0.853. The van der Waals surface area contributed by atoms with E-state index in [-0.39, 0.29) is 12.4 Å². The molecule has 108 valence electrons. The number of nitrogens with one attached hydrogen (secondary N) is 1. The zero-order valence-electron chi connectivity index (χ0n) is 11.6. The second-order valence-corrected chi connectivity index (χ2v) is 5.89. The van der Waals surface area contributed by atoms with E-state index < -0.39 is 0 Å². The van der Waals surface area contributed by atoms with E-state index >= 15 is 0 Å². The highest BCUT2D eigenvalue weighted by molar-refractivity contribution is 7.13. The molecule has 0 saturated carbocycles. The van der Waals surface area contributed by atoms with Crippen molar-refractivity contribution < 1.29 is 9.13 Å². The maximum atomic E-state index is 13.4. The summed E-state index contributed by atoms with van der Waals surface area (Å²) < 4.78 is 18.9. The number of nitrogens with zero attached hydrogens (tertiary/aromatic N) is 2. The summed E-state index contributed by atoms with van der Waals surface area (Å²) in [6.07, 6.45) is 0. The van der Waals surface area contributed by atoms with Crippen molar-refractivity contribution >= 4 is 11.3 Å². The van der Waals surface area contributed by atoms with Gasteiger partial charge in [-0.15, -0.1) is 5.10 Å². The van der Waals surface area contributed by atoms with E-state index in [0.717, 1.165) is 11.6 Å². The molecule has 0 bridgehead atoms. The van der Waals surface area contributed by atoms with E-state index in [4.69, 9.17) is 4.74 Å². The Morgan fingerprint density at radius 2 is 2.10 bits per heavy atom. The first-order valence-electron chi connectivity index (χ1n) is 6.54. The van der Waals surface area contributed by atoms with Gasteiger partial charge in [0.25, 0.3) is 5.19 Å². The topological polar surface area (TPSA) is 47.0 Å². The van der Waals surface area contributed by atoms with E-state index in [1.54, 1.807) is 18.2 Å². The summed E-state index contributed by atoms with van der Waals surface area (Å²) >= 11 is 1.38. The molecule has 0 spiro atoms. The number of benzene rings is 1. The van der Waals surface area contributed by atoms with E-state index in [1.807, 2.05) is 0 Å². The van der Waals surface area contributed by atoms with Crippen LogP contribution in [0.5, 0.6) is 5.19 Å². The molecule has 2 aromatic rings. The fraction of sp³-hybridized carbons (Fsp3) is 0.429. The minimum Gasteiger partial charge on any atom is -0.464 e. The maximum absolute atomic E-state index is 13.4. The van der Waals surface area contributed by atoms with Crippen molar-refractivity contribution in [3.8, 4) is 5.19 Å². The third-order valence-electron chi connectivity index (χ3n) is 2.59. The number of hydrogen-bond acceptors (Lipinski definition) is 5. The molecule has 0 aliphatic rings. The summed E-state index contributed by atoms with van der Waals surface area (Å²) in [7, 11) is 0. The van der Waals surface area contributed by atoms with E-state index in [1.165, 1.54) is 17.4 Å². The Bertz CT molecular complexity index is 545. The molecule has 2 rings (SSSR count). The number of aromatic nitrogens is 2. The number of ether oxygens (including phenoxy) is 1. The molecule has 20 heavy (non-hydrogen) atoms. The van der Waals surface area contributed by atoms with Gasteiger partial charge in [-0.1, -0.05) is 48.5 Å². The molecule has 4 nitrogen and oxygen atoms in total. The molecule has 0 unspecified atom stereocenters. The fourth-order valence-corrected chi connectivity index (χ4v) is 2.25. The van der Waals surface area contributed by atoms with E-state index in [2.05, 4.69) is 29.4 Å². The van der Waals surface area contributed by atoms with Crippen LogP contribution in [0.2, 0.25) is 0 Å². The minimum atomic E-state index is -0.268. The van der Waals surface area contributed by atoms with Gasteiger partial charge in [-0.3, -0.25) is 0 Å². The molecule has 0 saturated heterocycles. The normalized spacial score (nSPS) is 11.0. The van der Waals surface area contributed by atoms with Crippen molar-refractivity contribution in [2.45, 2.75) is 27.0 Å². The second-order valence-electron chi connectivity index (χ2n) is 4.87. The van der Waals surface area contributed by atoms with E-state index in [0.29, 0.717) is 23.2 Å². The van der Waals surface area contributed by atoms with E-state index in [9.17, 15) is 4.39 Å². The average Bonchev–Trinajstić information content (AvgIpc) is 2.85. The van der Waals surface area contributed by atoms with Crippen molar-refractivity contribution in [1.29, 1.82) is 0 Å². The molecule has 0 aliphatic heterocycles. The molecule has 0 atom stereocenters. The van der Waals surface area contributed by atoms with Crippen molar-refractivity contribution in [3.63, 3.8) is 0 Å². The highest BCUT2D eigenvalue weighted by Gasteiger charge is 2.07. The lowest BCUT2D eigenvalue weighted by Crippen LogP contribution is -2.18. The number of rotatable bonds is 7. The second kappa shape index (κ2) is 7.31. The standard InChI is InChI=1S/C14H18FN3OS/c1-10(2)7-16-8-13-17-18-14(20-13)19-9-11-5-3-4-6-12(11)15/h3-6,10,16H,7-9H2,1-2H3. The van der Waals surface area contributed by atoms with Gasteiger partial charge in [0.1, 0.15) is 17.4 Å². The molecule has 0 amide bonds. The van der Waals surface area contributed by atoms with Gasteiger partial charge in [0.2, 0.25) is 0 Å². The third-order valence-corrected chi connectivity index (χ3v) is 3.42. The molecule has 6 heteroatoms. The highest BCUT2D eigenvalue weighted by atomic mass is 32.1. The van der Waals surface area contributed by atoms with Crippen LogP contribution in [-0.4, -0.2) is 16.7 Å². The number of hydrogen-bond donors (Lipinski definition) is 1. The Morgan fingerprint density at radius 3 is 2.85 bits per heavy atom. The van der Waals surface area contributed by atoms with Gasteiger partial charge in [-0.25, -0.2) is 4.39 Å². The van der Waals surface area contributed by atoms with Gasteiger partial charge in [-0.05, 0) is 18.5 Å². The molecule has 0 radical (unpaired) electrons. The Kier molecular flexibility index (Phi) is 5.43. The predicted octanol–water partition coefficient (Wildman–Crippen LogP) is 3.00. The SMILES string of the molecule is CC(C)CNCc1nnc(OCc2ccccc2F)s1. The van der Waals surface area contributed by atoms with Gasteiger partial charge in [0.05, 0.1) is 0 Å². The summed E-state index contributed by atoms with van der Waals surface area (Å²) in [5, 5.41) is 12.6. The Hall–Kier alpha value is -1.53. The summed E-state index contributed by atoms with van der Waals surface area (Å²) in [6.45, 7) is 6.08. The summed E-state index contributed by atoms with van der Waals surface area (Å²) in [5.41, 5.74) is 0.516. The molecule has 1 heterocycles. The first-order valence-corrected chi connectivity index (χ1v) is 7.36. The van der Waals surface area contributed by atoms with Crippen molar-refractivity contribution in [1.82, 2.24) is 15.5 Å². The molecule has 1 N–H and O–H groups in total. The van der Waals surface area contributed by atoms with Crippen LogP contribution in [0.1, 0.15) is 24.4 Å². The van der Waals surface area contributed by atoms with Crippen molar-refractivity contribution in [2.24, 2.45) is 5.92 Å². The Balaban J connectivity index is 1.82. The van der Waals surface area contributed by atoms with Crippen LogP contribution >= 0.6 is 11.3 Å². The molecule has 0 fully saturated rings. The first kappa shape index (κ1) is 14.9. The maximum Gasteiger partial charge on any atom is 0.294 e. The zero-order valence-corrected chi connectivity index (χ0v) is 12.4. The summed E-state index contributed by atoms with van der Waals surface area (Å²) in [5.74, 6) is 0.329. The molecular formula is C14H18FN3OS. The predicted molar refractivity (Wildman–Crippen MR) is 77.2 cm³/mol. The van der Waals surface area contributed by atoms with Crippen LogP contribution in [-0.2, 0) is 13.2 Å². The van der Waals surface area contributed by atoms with Gasteiger partial charge < -0.3 is 10.1 Å². The Morgan fingerprint density at radius 1 is 1.30 bits per heavy atom. The largest absolute Gasteiger partial charge is 0.464 e. The number of halogens is 1. The average molecular weight is 295 g/mol. The molecule has 0 aliphatic carbocycles. The van der Waals surface area contributed by atoms with Crippen LogP contribution in [0, 0.1) is 11.7 Å². The van der Waals surface area contributed by atoms with Gasteiger partial charge in [0, 0.05) is 12.1 Å². The minimum absolute atomic E-state index is 0.167. The lowest BCUT2D eigenvalue weighted by Gasteiger charge is -2.04. The van der Waals surface area contributed by atoms with Crippen molar-refractivity contribution in [3.05, 3.63) is 40.7 Å². The lowest BCUT2D eigenvalue weighted by molar-refractivity contribution is 0.295.